The van der Waals surface area contributed by atoms with Crippen molar-refractivity contribution in [2.24, 2.45) is 0 Å². The molecular formula is C31H24. The maximum Gasteiger partial charge on any atom is -0.00990 e. The van der Waals surface area contributed by atoms with E-state index in [1.54, 1.807) is 0 Å². The van der Waals surface area contributed by atoms with E-state index >= 15 is 0 Å². The first-order chi connectivity index (χ1) is 15.2. The molecule has 0 spiro atoms. The van der Waals surface area contributed by atoms with Gasteiger partial charge in [-0.25, -0.2) is 0 Å². The van der Waals surface area contributed by atoms with Gasteiger partial charge in [-0.15, -0.1) is 0 Å². The van der Waals surface area contributed by atoms with Gasteiger partial charge in [-0.05, 0) is 86.1 Å². The Morgan fingerprint density at radius 3 is 2.10 bits per heavy atom. The lowest BCUT2D eigenvalue weighted by molar-refractivity contribution is 1.50. The van der Waals surface area contributed by atoms with Gasteiger partial charge in [0.2, 0.25) is 0 Å². The highest BCUT2D eigenvalue weighted by Gasteiger charge is 2.10. The van der Waals surface area contributed by atoms with Crippen LogP contribution in [0.1, 0.15) is 16.7 Å². The van der Waals surface area contributed by atoms with E-state index < -0.39 is 0 Å². The second kappa shape index (κ2) is 7.74. The Bertz CT molecular complexity index is 1470. The van der Waals surface area contributed by atoms with Crippen molar-refractivity contribution >= 4 is 33.7 Å². The number of aryl methyl sites for hydroxylation is 1. The molecule has 0 atom stereocenters. The molecule has 0 aromatic heterocycles. The monoisotopic (exact) mass is 396 g/mol. The summed E-state index contributed by atoms with van der Waals surface area (Å²) in [6, 6.07) is 33.1. The number of hydrogen-bond donors (Lipinski definition) is 0. The predicted molar refractivity (Wildman–Crippen MR) is 137 cm³/mol. The van der Waals surface area contributed by atoms with Crippen LogP contribution >= 0.6 is 0 Å². The quantitative estimate of drug-likeness (QED) is 0.284. The van der Waals surface area contributed by atoms with E-state index in [1.807, 2.05) is 12.2 Å². The predicted octanol–water partition coefficient (Wildman–Crippen LogP) is 8.92. The van der Waals surface area contributed by atoms with E-state index in [9.17, 15) is 0 Å². The summed E-state index contributed by atoms with van der Waals surface area (Å²) in [4.78, 5) is 0. The minimum absolute atomic E-state index is 1.10. The Morgan fingerprint density at radius 2 is 1.29 bits per heavy atom. The van der Waals surface area contributed by atoms with Crippen LogP contribution in [0.25, 0.3) is 56.0 Å². The molecule has 0 fully saturated rings. The molecule has 0 amide bonds. The highest BCUT2D eigenvalue weighted by molar-refractivity contribution is 6.02. The van der Waals surface area contributed by atoms with Crippen molar-refractivity contribution in [3.63, 3.8) is 0 Å². The molecule has 0 aliphatic rings. The molecule has 0 heteroatoms. The third-order valence-corrected chi connectivity index (χ3v) is 6.03. The maximum atomic E-state index is 3.98. The second-order valence-electron chi connectivity index (χ2n) is 8.06. The first kappa shape index (κ1) is 19.1. The first-order valence-corrected chi connectivity index (χ1v) is 10.6. The summed E-state index contributed by atoms with van der Waals surface area (Å²) in [5.41, 5.74) is 8.36. The molecule has 0 bridgehead atoms. The van der Waals surface area contributed by atoms with Gasteiger partial charge in [0.15, 0.2) is 0 Å². The van der Waals surface area contributed by atoms with Crippen LogP contribution in [0.3, 0.4) is 0 Å². The second-order valence-corrected chi connectivity index (χ2v) is 8.06. The van der Waals surface area contributed by atoms with Crippen molar-refractivity contribution in [1.82, 2.24) is 0 Å². The fraction of sp³-hybridized carbons (Fsp3) is 0.0323. The zero-order chi connectivity index (χ0) is 21.4. The van der Waals surface area contributed by atoms with E-state index in [2.05, 4.69) is 111 Å². The van der Waals surface area contributed by atoms with E-state index in [-0.39, 0.29) is 0 Å². The molecule has 31 heavy (non-hydrogen) atoms. The zero-order valence-corrected chi connectivity index (χ0v) is 17.7. The highest BCUT2D eigenvalue weighted by atomic mass is 14.1. The van der Waals surface area contributed by atoms with Gasteiger partial charge in [0, 0.05) is 0 Å². The van der Waals surface area contributed by atoms with Crippen LogP contribution in [0.15, 0.2) is 104 Å². The molecule has 148 valence electrons. The van der Waals surface area contributed by atoms with Crippen LogP contribution in [-0.2, 0) is 0 Å². The molecule has 5 rings (SSSR count). The minimum Gasteiger partial charge on any atom is -0.0984 e. The van der Waals surface area contributed by atoms with Crippen LogP contribution in [0, 0.1) is 6.92 Å². The topological polar surface area (TPSA) is 0 Å². The van der Waals surface area contributed by atoms with Crippen molar-refractivity contribution < 1.29 is 0 Å². The summed E-state index contributed by atoms with van der Waals surface area (Å²) >= 11 is 0. The maximum absolute atomic E-state index is 3.98. The Labute approximate surface area is 183 Å². The average molecular weight is 397 g/mol. The van der Waals surface area contributed by atoms with E-state index in [0.29, 0.717) is 0 Å². The third kappa shape index (κ3) is 3.47. The summed E-state index contributed by atoms with van der Waals surface area (Å²) in [6.07, 6.45) is 3.78. The number of hydrogen-bond acceptors (Lipinski definition) is 0. The molecule has 0 nitrogen and oxygen atoms in total. The molecule has 0 saturated carbocycles. The highest BCUT2D eigenvalue weighted by Crippen LogP contribution is 2.36. The first-order valence-electron chi connectivity index (χ1n) is 10.6. The Kier molecular flexibility index (Phi) is 4.76. The summed E-state index contributed by atoms with van der Waals surface area (Å²) in [6.45, 7) is 10.1. The zero-order valence-electron chi connectivity index (χ0n) is 17.7. The van der Waals surface area contributed by atoms with Gasteiger partial charge >= 0.3 is 0 Å². The fourth-order valence-electron chi connectivity index (χ4n) is 4.37. The number of fused-ring (bicyclic) bond motifs is 2. The van der Waals surface area contributed by atoms with Gasteiger partial charge in [-0.3, -0.25) is 0 Å². The van der Waals surface area contributed by atoms with Crippen LogP contribution in [0.4, 0.5) is 0 Å². The standard InChI is InChI=1S/C31H24/c1-4-22-11-13-26(17-23(22)5-2)28-19-29-16-21(3)10-15-30(29)31(20-28)27-14-12-24-8-6-7-9-25(24)18-27/h4-20H,1-2H2,3H3. The molecule has 0 N–H and O–H groups in total. The summed E-state index contributed by atoms with van der Waals surface area (Å²) in [5, 5.41) is 5.05. The molecule has 0 saturated heterocycles. The van der Waals surface area contributed by atoms with Crippen molar-refractivity contribution in [2.45, 2.75) is 6.92 Å². The molecule has 0 aliphatic heterocycles. The van der Waals surface area contributed by atoms with Crippen molar-refractivity contribution in [2.75, 3.05) is 0 Å². The Balaban J connectivity index is 1.78. The Hall–Kier alpha value is -3.90. The lowest BCUT2D eigenvalue weighted by atomic mass is 9.90. The molecule has 0 radical (unpaired) electrons. The van der Waals surface area contributed by atoms with Gasteiger partial charge < -0.3 is 0 Å². The van der Waals surface area contributed by atoms with Gasteiger partial charge in [0.05, 0.1) is 0 Å². The number of rotatable bonds is 4. The van der Waals surface area contributed by atoms with E-state index in [0.717, 1.165) is 11.1 Å². The molecule has 0 unspecified atom stereocenters. The van der Waals surface area contributed by atoms with Crippen molar-refractivity contribution in [1.29, 1.82) is 0 Å². The summed E-state index contributed by atoms with van der Waals surface area (Å²) in [5.74, 6) is 0. The van der Waals surface area contributed by atoms with Gasteiger partial charge in [0.25, 0.3) is 0 Å². The number of benzene rings is 5. The van der Waals surface area contributed by atoms with Crippen LogP contribution in [-0.4, -0.2) is 0 Å². The van der Waals surface area contributed by atoms with Crippen LogP contribution < -0.4 is 0 Å². The SMILES string of the molecule is C=Cc1ccc(-c2cc(-c3ccc4ccccc4c3)c3ccc(C)cc3c2)cc1C=C. The molecule has 0 aliphatic carbocycles. The summed E-state index contributed by atoms with van der Waals surface area (Å²) in [7, 11) is 0. The molecular weight excluding hydrogens is 372 g/mol. The van der Waals surface area contributed by atoms with Crippen LogP contribution in [0.5, 0.6) is 0 Å². The van der Waals surface area contributed by atoms with Gasteiger partial charge in [0.1, 0.15) is 0 Å². The van der Waals surface area contributed by atoms with Crippen LogP contribution in [0.2, 0.25) is 0 Å². The molecule has 5 aromatic rings. The largest absolute Gasteiger partial charge is 0.0984 e. The minimum atomic E-state index is 1.10. The van der Waals surface area contributed by atoms with Crippen molar-refractivity contribution in [3.8, 4) is 22.3 Å². The third-order valence-electron chi connectivity index (χ3n) is 6.03. The smallest absolute Gasteiger partial charge is 0.00990 e. The van der Waals surface area contributed by atoms with Gasteiger partial charge in [-0.1, -0.05) is 97.6 Å². The van der Waals surface area contributed by atoms with E-state index in [4.69, 9.17) is 0 Å². The Morgan fingerprint density at radius 1 is 0.548 bits per heavy atom. The van der Waals surface area contributed by atoms with Gasteiger partial charge in [-0.2, -0.15) is 0 Å². The molecule has 5 aromatic carbocycles. The van der Waals surface area contributed by atoms with E-state index in [1.165, 1.54) is 49.4 Å². The lowest BCUT2D eigenvalue weighted by Crippen LogP contribution is -1.88. The normalized spacial score (nSPS) is 11.0. The molecule has 0 heterocycles. The van der Waals surface area contributed by atoms with Crippen molar-refractivity contribution in [3.05, 3.63) is 121 Å². The summed E-state index contributed by atoms with van der Waals surface area (Å²) < 4.78 is 0. The fourth-order valence-corrected chi connectivity index (χ4v) is 4.37. The average Bonchev–Trinajstić information content (AvgIpc) is 2.82. The lowest BCUT2D eigenvalue weighted by Gasteiger charge is -2.14.